The molecule has 3 unspecified atom stereocenters. The SMILES string of the molecule is CCOP1(=O)OCC(Cl)C1C. The molecule has 0 aromatic carbocycles. The third kappa shape index (κ3) is 1.78. The predicted molar refractivity (Wildman–Crippen MR) is 44.3 cm³/mol. The summed E-state index contributed by atoms with van der Waals surface area (Å²) in [5, 5.41) is -0.174. The Morgan fingerprint density at radius 1 is 1.82 bits per heavy atom. The van der Waals surface area contributed by atoms with Crippen LogP contribution in [0.25, 0.3) is 0 Å². The first-order valence-electron chi connectivity index (χ1n) is 3.63. The summed E-state index contributed by atoms with van der Waals surface area (Å²) in [5.74, 6) is 0. The lowest BCUT2D eigenvalue weighted by atomic mass is 10.3. The summed E-state index contributed by atoms with van der Waals surface area (Å²) < 4.78 is 21.7. The van der Waals surface area contributed by atoms with E-state index in [9.17, 15) is 4.57 Å². The molecule has 1 rings (SSSR count). The largest absolute Gasteiger partial charge is 0.335 e. The van der Waals surface area contributed by atoms with Crippen molar-refractivity contribution in [3.63, 3.8) is 0 Å². The summed E-state index contributed by atoms with van der Waals surface area (Å²) in [6, 6.07) is 0. The van der Waals surface area contributed by atoms with E-state index in [0.29, 0.717) is 13.2 Å². The molecule has 0 N–H and O–H groups in total. The molecule has 1 saturated heterocycles. The topological polar surface area (TPSA) is 35.5 Å². The van der Waals surface area contributed by atoms with Crippen LogP contribution in [-0.2, 0) is 13.6 Å². The monoisotopic (exact) mass is 198 g/mol. The summed E-state index contributed by atoms with van der Waals surface area (Å²) >= 11 is 5.81. The van der Waals surface area contributed by atoms with Crippen LogP contribution in [0.3, 0.4) is 0 Å². The van der Waals surface area contributed by atoms with Gasteiger partial charge in [0.1, 0.15) is 0 Å². The molecule has 3 nitrogen and oxygen atoms in total. The molecule has 66 valence electrons. The zero-order valence-electron chi connectivity index (χ0n) is 6.62. The highest BCUT2D eigenvalue weighted by atomic mass is 35.5. The van der Waals surface area contributed by atoms with Crippen molar-refractivity contribution in [3.8, 4) is 0 Å². The fraction of sp³-hybridized carbons (Fsp3) is 1.00. The van der Waals surface area contributed by atoms with Crippen LogP contribution >= 0.6 is 19.2 Å². The van der Waals surface area contributed by atoms with Gasteiger partial charge in [-0.1, -0.05) is 0 Å². The van der Waals surface area contributed by atoms with Gasteiger partial charge in [-0.2, -0.15) is 0 Å². The van der Waals surface area contributed by atoms with E-state index in [1.165, 1.54) is 0 Å². The molecule has 0 aliphatic carbocycles. The zero-order chi connectivity index (χ0) is 8.48. The van der Waals surface area contributed by atoms with E-state index in [0.717, 1.165) is 0 Å². The van der Waals surface area contributed by atoms with E-state index in [-0.39, 0.29) is 11.0 Å². The smallest absolute Gasteiger partial charge is 0.309 e. The lowest BCUT2D eigenvalue weighted by molar-refractivity contribution is 0.238. The van der Waals surface area contributed by atoms with Gasteiger partial charge in [0.2, 0.25) is 0 Å². The van der Waals surface area contributed by atoms with Crippen molar-refractivity contribution in [1.29, 1.82) is 0 Å². The standard InChI is InChI=1S/C6H12ClO3P/c1-3-9-11(8)5(2)6(7)4-10-11/h5-6H,3-4H2,1-2H3. The summed E-state index contributed by atoms with van der Waals surface area (Å²) in [4.78, 5) is 0. The lowest BCUT2D eigenvalue weighted by Crippen LogP contribution is -2.12. The van der Waals surface area contributed by atoms with Crippen molar-refractivity contribution in [2.75, 3.05) is 13.2 Å². The Bertz CT molecular complexity index is 179. The summed E-state index contributed by atoms with van der Waals surface area (Å²) in [6.45, 7) is 4.32. The minimum Gasteiger partial charge on any atom is -0.309 e. The molecule has 0 spiro atoms. The molecule has 0 amide bonds. The maximum absolute atomic E-state index is 11.6. The van der Waals surface area contributed by atoms with Crippen LogP contribution < -0.4 is 0 Å². The van der Waals surface area contributed by atoms with Gasteiger partial charge < -0.3 is 9.05 Å². The quantitative estimate of drug-likeness (QED) is 0.504. The maximum atomic E-state index is 11.6. The highest BCUT2D eigenvalue weighted by molar-refractivity contribution is 7.55. The van der Waals surface area contributed by atoms with Crippen molar-refractivity contribution in [2.24, 2.45) is 0 Å². The van der Waals surface area contributed by atoms with Gasteiger partial charge in [-0.15, -0.1) is 11.6 Å². The number of halogens is 1. The van der Waals surface area contributed by atoms with Gasteiger partial charge >= 0.3 is 7.60 Å². The van der Waals surface area contributed by atoms with E-state index in [1.54, 1.807) is 13.8 Å². The fourth-order valence-corrected chi connectivity index (χ4v) is 3.29. The normalized spacial score (nSPS) is 44.6. The maximum Gasteiger partial charge on any atom is 0.335 e. The summed E-state index contributed by atoms with van der Waals surface area (Å²) in [5.41, 5.74) is -0.177. The molecule has 0 aromatic heterocycles. The van der Waals surface area contributed by atoms with Gasteiger partial charge in [0.25, 0.3) is 0 Å². The molecule has 5 heteroatoms. The van der Waals surface area contributed by atoms with Gasteiger partial charge in [0, 0.05) is 0 Å². The van der Waals surface area contributed by atoms with Crippen molar-refractivity contribution in [1.82, 2.24) is 0 Å². The molecule has 1 fully saturated rings. The van der Waals surface area contributed by atoms with E-state index < -0.39 is 7.60 Å². The zero-order valence-corrected chi connectivity index (χ0v) is 8.27. The molecular weight excluding hydrogens is 186 g/mol. The van der Waals surface area contributed by atoms with Crippen LogP contribution in [-0.4, -0.2) is 24.2 Å². The summed E-state index contributed by atoms with van der Waals surface area (Å²) in [7, 11) is -2.85. The van der Waals surface area contributed by atoms with Gasteiger partial charge in [-0.25, -0.2) is 0 Å². The molecule has 11 heavy (non-hydrogen) atoms. The molecule has 1 aliphatic rings. The fourth-order valence-electron chi connectivity index (χ4n) is 0.965. The molecule has 0 bridgehead atoms. The molecule has 0 aromatic rings. The molecule has 0 saturated carbocycles. The molecule has 0 radical (unpaired) electrons. The van der Waals surface area contributed by atoms with Crippen LogP contribution in [0.1, 0.15) is 13.8 Å². The minimum atomic E-state index is -2.85. The first-order valence-corrected chi connectivity index (χ1v) is 5.68. The molecule has 1 heterocycles. The Hall–Kier alpha value is 0.440. The van der Waals surface area contributed by atoms with E-state index >= 15 is 0 Å². The Balaban J connectivity index is 2.65. The third-order valence-corrected chi connectivity index (χ3v) is 4.91. The van der Waals surface area contributed by atoms with Crippen molar-refractivity contribution >= 4 is 19.2 Å². The average Bonchev–Trinajstić information content (AvgIpc) is 2.19. The van der Waals surface area contributed by atoms with Crippen molar-refractivity contribution in [2.45, 2.75) is 24.9 Å². The van der Waals surface area contributed by atoms with Gasteiger partial charge in [-0.05, 0) is 13.8 Å². The van der Waals surface area contributed by atoms with E-state index in [2.05, 4.69) is 0 Å². The minimum absolute atomic E-state index is 0.174. The van der Waals surface area contributed by atoms with E-state index in [4.69, 9.17) is 20.6 Å². The second-order valence-corrected chi connectivity index (χ2v) is 5.48. The summed E-state index contributed by atoms with van der Waals surface area (Å²) in [6.07, 6.45) is 0. The van der Waals surface area contributed by atoms with Crippen LogP contribution in [0.15, 0.2) is 0 Å². The van der Waals surface area contributed by atoms with E-state index in [1.807, 2.05) is 0 Å². The molecule has 1 aliphatic heterocycles. The second kappa shape index (κ2) is 3.44. The van der Waals surface area contributed by atoms with Crippen LogP contribution in [0, 0.1) is 0 Å². The first kappa shape index (κ1) is 9.53. The Labute approximate surface area is 71.6 Å². The van der Waals surface area contributed by atoms with Crippen LogP contribution in [0.2, 0.25) is 0 Å². The first-order chi connectivity index (χ1) is 5.10. The number of hydrogen-bond acceptors (Lipinski definition) is 3. The number of hydrogen-bond donors (Lipinski definition) is 0. The molecule has 3 atom stereocenters. The predicted octanol–water partition coefficient (Wildman–Crippen LogP) is 2.24. The van der Waals surface area contributed by atoms with Gasteiger partial charge in [-0.3, -0.25) is 4.57 Å². The Kier molecular flexibility index (Phi) is 2.98. The highest BCUT2D eigenvalue weighted by Gasteiger charge is 2.43. The molecular formula is C6H12ClO3P. The lowest BCUT2D eigenvalue weighted by Gasteiger charge is -2.14. The number of alkyl halides is 1. The number of rotatable bonds is 2. The Morgan fingerprint density at radius 3 is 2.82 bits per heavy atom. The van der Waals surface area contributed by atoms with Crippen molar-refractivity contribution in [3.05, 3.63) is 0 Å². The van der Waals surface area contributed by atoms with Crippen LogP contribution in [0.4, 0.5) is 0 Å². The average molecular weight is 199 g/mol. The highest BCUT2D eigenvalue weighted by Crippen LogP contribution is 2.59. The third-order valence-electron chi connectivity index (χ3n) is 1.74. The Morgan fingerprint density at radius 2 is 2.45 bits per heavy atom. The van der Waals surface area contributed by atoms with Crippen molar-refractivity contribution < 1.29 is 13.6 Å². The second-order valence-electron chi connectivity index (χ2n) is 2.51. The van der Waals surface area contributed by atoms with Gasteiger partial charge in [0.05, 0.1) is 24.2 Å². The van der Waals surface area contributed by atoms with Gasteiger partial charge in [0.15, 0.2) is 0 Å². The van der Waals surface area contributed by atoms with Crippen LogP contribution in [0.5, 0.6) is 0 Å².